The molecule has 29 heavy (non-hydrogen) atoms. The fourth-order valence-electron chi connectivity index (χ4n) is 3.56. The van der Waals surface area contributed by atoms with Crippen LogP contribution >= 0.6 is 0 Å². The van der Waals surface area contributed by atoms with Gasteiger partial charge in [0.1, 0.15) is 24.8 Å². The van der Waals surface area contributed by atoms with Gasteiger partial charge in [0.2, 0.25) is 11.9 Å². The number of hydrogen-bond donors (Lipinski definition) is 2. The molecular weight excluding hydrogens is 370 g/mol. The van der Waals surface area contributed by atoms with Crippen LogP contribution in [-0.2, 0) is 4.79 Å². The summed E-state index contributed by atoms with van der Waals surface area (Å²) in [4.78, 5) is 34.9. The molecule has 0 unspecified atom stereocenters. The van der Waals surface area contributed by atoms with Crippen LogP contribution in [0.4, 0.5) is 11.8 Å². The lowest BCUT2D eigenvalue weighted by Gasteiger charge is -2.32. The number of aromatic nitrogens is 7. The Hall–Kier alpha value is -3.82. The Labute approximate surface area is 166 Å². The molecule has 1 amide bonds. The lowest BCUT2D eigenvalue weighted by molar-refractivity contribution is -0.120. The van der Waals surface area contributed by atoms with Gasteiger partial charge in [-0.3, -0.25) is 10.1 Å². The van der Waals surface area contributed by atoms with E-state index >= 15 is 0 Å². The standard InChI is InChI=1S/C19H19N9O/c29-18(26-19-24-14-3-1-2-4-15(14)25-19)13-5-7-27(8-6-13)16-9-17(22-11-21-16)28-12-20-10-23-28/h1-4,9-13H,5-8H2,(H2,24,25,26,29). The van der Waals surface area contributed by atoms with E-state index < -0.39 is 0 Å². The molecule has 1 aromatic carbocycles. The van der Waals surface area contributed by atoms with E-state index in [0.29, 0.717) is 11.8 Å². The molecule has 0 saturated carbocycles. The Kier molecular flexibility index (Phi) is 4.35. The van der Waals surface area contributed by atoms with Crippen LogP contribution in [0.1, 0.15) is 12.8 Å². The number of aromatic amines is 1. The van der Waals surface area contributed by atoms with Crippen molar-refractivity contribution in [2.75, 3.05) is 23.3 Å². The summed E-state index contributed by atoms with van der Waals surface area (Å²) in [7, 11) is 0. The first-order chi connectivity index (χ1) is 14.3. The SMILES string of the molecule is O=C(Nc1nc2ccccc2[nH]1)C1CCN(c2cc(-n3cncn3)ncn2)CC1. The number of hydrogen-bond acceptors (Lipinski definition) is 7. The van der Waals surface area contributed by atoms with Gasteiger partial charge in [0.05, 0.1) is 11.0 Å². The highest BCUT2D eigenvalue weighted by molar-refractivity contribution is 5.92. The van der Waals surface area contributed by atoms with Crippen molar-refractivity contribution in [3.8, 4) is 5.82 Å². The molecule has 1 aliphatic rings. The van der Waals surface area contributed by atoms with Crippen molar-refractivity contribution in [1.82, 2.24) is 34.7 Å². The van der Waals surface area contributed by atoms with Crippen LogP contribution < -0.4 is 10.2 Å². The summed E-state index contributed by atoms with van der Waals surface area (Å²) in [6.07, 6.45) is 6.07. The molecule has 1 aliphatic heterocycles. The Balaban J connectivity index is 1.22. The van der Waals surface area contributed by atoms with Gasteiger partial charge in [-0.15, -0.1) is 0 Å². The minimum atomic E-state index is -0.0592. The van der Waals surface area contributed by atoms with Crippen molar-refractivity contribution >= 4 is 28.7 Å². The quantitative estimate of drug-likeness (QED) is 0.546. The highest BCUT2D eigenvalue weighted by atomic mass is 16.2. The number of carbonyl (C=O) groups excluding carboxylic acids is 1. The fraction of sp³-hybridized carbons (Fsp3) is 0.263. The molecule has 0 atom stereocenters. The van der Waals surface area contributed by atoms with Crippen molar-refractivity contribution in [2.24, 2.45) is 5.92 Å². The summed E-state index contributed by atoms with van der Waals surface area (Å²) in [5.74, 6) is 1.91. The van der Waals surface area contributed by atoms with Crippen LogP contribution in [0.25, 0.3) is 16.9 Å². The minimum absolute atomic E-state index is 0.00491. The van der Waals surface area contributed by atoms with Gasteiger partial charge in [-0.1, -0.05) is 12.1 Å². The summed E-state index contributed by atoms with van der Waals surface area (Å²) in [6.45, 7) is 1.48. The summed E-state index contributed by atoms with van der Waals surface area (Å²) in [6, 6.07) is 9.58. The maximum atomic E-state index is 12.7. The monoisotopic (exact) mass is 389 g/mol. The summed E-state index contributed by atoms with van der Waals surface area (Å²) >= 11 is 0. The van der Waals surface area contributed by atoms with Crippen molar-refractivity contribution < 1.29 is 4.79 Å². The van der Waals surface area contributed by atoms with Gasteiger partial charge in [0.25, 0.3) is 0 Å². The number of anilines is 2. The second-order valence-electron chi connectivity index (χ2n) is 6.93. The zero-order valence-electron chi connectivity index (χ0n) is 15.6. The topological polar surface area (TPSA) is 118 Å². The number of benzene rings is 1. The maximum absolute atomic E-state index is 12.7. The second kappa shape index (κ2) is 7.30. The Morgan fingerprint density at radius 1 is 1.10 bits per heavy atom. The lowest BCUT2D eigenvalue weighted by atomic mass is 9.96. The maximum Gasteiger partial charge on any atom is 0.229 e. The largest absolute Gasteiger partial charge is 0.356 e. The molecule has 146 valence electrons. The first kappa shape index (κ1) is 17.3. The smallest absolute Gasteiger partial charge is 0.229 e. The molecule has 2 N–H and O–H groups in total. The van der Waals surface area contributed by atoms with Gasteiger partial charge < -0.3 is 9.88 Å². The third-order valence-corrected chi connectivity index (χ3v) is 5.11. The molecule has 1 saturated heterocycles. The van der Waals surface area contributed by atoms with Crippen LogP contribution in [0, 0.1) is 5.92 Å². The number of piperidine rings is 1. The number of carbonyl (C=O) groups is 1. The molecule has 0 aliphatic carbocycles. The summed E-state index contributed by atoms with van der Waals surface area (Å²) in [5, 5.41) is 7.01. The number of nitrogens with zero attached hydrogens (tertiary/aromatic N) is 7. The minimum Gasteiger partial charge on any atom is -0.356 e. The van der Waals surface area contributed by atoms with E-state index in [1.54, 1.807) is 11.0 Å². The highest BCUT2D eigenvalue weighted by Crippen LogP contribution is 2.24. The van der Waals surface area contributed by atoms with Gasteiger partial charge in [-0.25, -0.2) is 24.6 Å². The predicted molar refractivity (Wildman–Crippen MR) is 107 cm³/mol. The first-order valence-electron chi connectivity index (χ1n) is 9.44. The number of imidazole rings is 1. The molecule has 3 aromatic heterocycles. The third-order valence-electron chi connectivity index (χ3n) is 5.11. The summed E-state index contributed by atoms with van der Waals surface area (Å²) in [5.41, 5.74) is 1.74. The predicted octanol–water partition coefficient (Wildman–Crippen LogP) is 1.79. The zero-order valence-corrected chi connectivity index (χ0v) is 15.6. The van der Waals surface area contributed by atoms with Crippen LogP contribution in [-0.4, -0.2) is 53.7 Å². The fourth-order valence-corrected chi connectivity index (χ4v) is 3.56. The number of rotatable bonds is 4. The molecule has 0 spiro atoms. The molecule has 4 heterocycles. The van der Waals surface area contributed by atoms with Crippen LogP contribution in [0.5, 0.6) is 0 Å². The molecule has 4 aromatic rings. The van der Waals surface area contributed by atoms with Crippen molar-refractivity contribution in [3.63, 3.8) is 0 Å². The molecule has 1 fully saturated rings. The lowest BCUT2D eigenvalue weighted by Crippen LogP contribution is -2.38. The van der Waals surface area contributed by atoms with Gasteiger partial charge >= 0.3 is 0 Å². The summed E-state index contributed by atoms with van der Waals surface area (Å²) < 4.78 is 1.60. The second-order valence-corrected chi connectivity index (χ2v) is 6.93. The molecule has 0 radical (unpaired) electrons. The molecule has 0 bridgehead atoms. The van der Waals surface area contributed by atoms with E-state index in [-0.39, 0.29) is 11.8 Å². The van der Waals surface area contributed by atoms with Crippen LogP contribution in [0.2, 0.25) is 0 Å². The number of H-pyrrole nitrogens is 1. The Morgan fingerprint density at radius 3 is 2.72 bits per heavy atom. The number of amides is 1. The van der Waals surface area contributed by atoms with Gasteiger partial charge in [0, 0.05) is 25.1 Å². The Bertz CT molecular complexity index is 1100. The van der Waals surface area contributed by atoms with Crippen molar-refractivity contribution in [1.29, 1.82) is 0 Å². The molecule has 5 rings (SSSR count). The van der Waals surface area contributed by atoms with Gasteiger partial charge in [-0.05, 0) is 25.0 Å². The molecule has 10 nitrogen and oxygen atoms in total. The molecule has 10 heteroatoms. The third kappa shape index (κ3) is 3.51. The van der Waals surface area contributed by atoms with E-state index in [2.05, 4.69) is 40.2 Å². The van der Waals surface area contributed by atoms with Crippen LogP contribution in [0.15, 0.2) is 49.3 Å². The number of nitrogens with one attached hydrogen (secondary N) is 2. The van der Waals surface area contributed by atoms with E-state index in [1.807, 2.05) is 30.3 Å². The van der Waals surface area contributed by atoms with E-state index in [0.717, 1.165) is 42.8 Å². The van der Waals surface area contributed by atoms with Crippen molar-refractivity contribution in [2.45, 2.75) is 12.8 Å². The van der Waals surface area contributed by atoms with E-state index in [9.17, 15) is 4.79 Å². The zero-order chi connectivity index (χ0) is 19.6. The van der Waals surface area contributed by atoms with E-state index in [1.165, 1.54) is 12.7 Å². The Morgan fingerprint density at radius 2 is 1.93 bits per heavy atom. The highest BCUT2D eigenvalue weighted by Gasteiger charge is 2.26. The van der Waals surface area contributed by atoms with Gasteiger partial charge in [-0.2, -0.15) is 5.10 Å². The van der Waals surface area contributed by atoms with Crippen molar-refractivity contribution in [3.05, 3.63) is 49.3 Å². The average molecular weight is 389 g/mol. The molecular formula is C19H19N9O. The first-order valence-corrected chi connectivity index (χ1v) is 9.44. The van der Waals surface area contributed by atoms with Crippen LogP contribution in [0.3, 0.4) is 0 Å². The van der Waals surface area contributed by atoms with Gasteiger partial charge in [0.15, 0.2) is 5.82 Å². The number of fused-ring (bicyclic) bond motifs is 1. The normalized spacial score (nSPS) is 15.0. The number of para-hydroxylation sites is 2. The van der Waals surface area contributed by atoms with E-state index in [4.69, 9.17) is 0 Å². The average Bonchev–Trinajstić information content (AvgIpc) is 3.43.